The van der Waals surface area contributed by atoms with Crippen LogP contribution in [0.4, 0.5) is 8.78 Å². The molecule has 5 nitrogen and oxygen atoms in total. The molecule has 0 saturated heterocycles. The quantitative estimate of drug-likeness (QED) is 0.625. The van der Waals surface area contributed by atoms with E-state index >= 15 is 4.39 Å². The minimum Gasteiger partial charge on any atom is -0.477 e. The van der Waals surface area contributed by atoms with Crippen LogP contribution in [0.3, 0.4) is 0 Å². The van der Waals surface area contributed by atoms with Crippen LogP contribution in [0.5, 0.6) is 0 Å². The zero-order chi connectivity index (χ0) is 22.1. The van der Waals surface area contributed by atoms with Crippen molar-refractivity contribution in [2.45, 2.75) is 44.6 Å². The molecule has 7 heteroatoms. The molecular formula is C24H24F2N2O3. The van der Waals surface area contributed by atoms with Crippen LogP contribution in [0.15, 0.2) is 47.4 Å². The van der Waals surface area contributed by atoms with Crippen molar-refractivity contribution in [3.8, 4) is 5.69 Å². The lowest BCUT2D eigenvalue weighted by atomic mass is 9.80. The minimum atomic E-state index is -1.40. The van der Waals surface area contributed by atoms with Crippen molar-refractivity contribution < 1.29 is 18.7 Å². The number of hydrogen-bond acceptors (Lipinski definition) is 3. The molecule has 4 rings (SSSR count). The number of fused-ring (bicyclic) bond motifs is 1. The number of halogens is 2. The van der Waals surface area contributed by atoms with Crippen molar-refractivity contribution in [2.75, 3.05) is 6.54 Å². The second kappa shape index (κ2) is 8.59. The molecule has 0 radical (unpaired) electrons. The van der Waals surface area contributed by atoms with Gasteiger partial charge in [-0.25, -0.2) is 13.6 Å². The van der Waals surface area contributed by atoms with E-state index in [1.54, 1.807) is 6.07 Å². The zero-order valence-electron chi connectivity index (χ0n) is 17.2. The molecule has 1 aliphatic rings. The maximum atomic E-state index is 15.2. The maximum absolute atomic E-state index is 15.2. The molecule has 1 aliphatic carbocycles. The van der Waals surface area contributed by atoms with Crippen molar-refractivity contribution in [1.82, 2.24) is 9.88 Å². The van der Waals surface area contributed by atoms with Gasteiger partial charge in [0.25, 0.3) is 0 Å². The molecule has 2 N–H and O–H groups in total. The summed E-state index contributed by atoms with van der Waals surface area (Å²) >= 11 is 0. The van der Waals surface area contributed by atoms with Crippen molar-refractivity contribution in [2.24, 2.45) is 0 Å². The average molecular weight is 426 g/mol. The summed E-state index contributed by atoms with van der Waals surface area (Å²) < 4.78 is 30.1. The van der Waals surface area contributed by atoms with Gasteiger partial charge in [-0.15, -0.1) is 0 Å². The fraction of sp³-hybridized carbons (Fsp3) is 0.333. The summed E-state index contributed by atoms with van der Waals surface area (Å²) in [7, 11) is 0. The van der Waals surface area contributed by atoms with E-state index in [0.717, 1.165) is 38.3 Å². The number of carbonyl (C=O) groups is 1. The van der Waals surface area contributed by atoms with Gasteiger partial charge in [-0.2, -0.15) is 0 Å². The van der Waals surface area contributed by atoms with Crippen LogP contribution in [0, 0.1) is 11.6 Å². The zero-order valence-corrected chi connectivity index (χ0v) is 17.2. The van der Waals surface area contributed by atoms with Gasteiger partial charge in [-0.3, -0.25) is 4.79 Å². The number of carboxylic acid groups (broad SMARTS) is 1. The van der Waals surface area contributed by atoms with E-state index in [4.69, 9.17) is 0 Å². The van der Waals surface area contributed by atoms with Crippen molar-refractivity contribution in [1.29, 1.82) is 0 Å². The number of nitrogens with one attached hydrogen (secondary N) is 1. The number of nitrogens with zero attached hydrogens (tertiary/aromatic N) is 1. The molecule has 162 valence electrons. The first kappa shape index (κ1) is 21.2. The largest absolute Gasteiger partial charge is 0.477 e. The summed E-state index contributed by atoms with van der Waals surface area (Å²) in [6.45, 7) is 2.89. The minimum absolute atomic E-state index is 0.00174. The van der Waals surface area contributed by atoms with E-state index in [1.807, 2.05) is 6.92 Å². The second-order valence-corrected chi connectivity index (χ2v) is 8.03. The number of pyridine rings is 1. The van der Waals surface area contributed by atoms with Gasteiger partial charge in [0.2, 0.25) is 5.43 Å². The Morgan fingerprint density at radius 3 is 2.61 bits per heavy atom. The monoisotopic (exact) mass is 426 g/mol. The molecule has 2 unspecified atom stereocenters. The fourth-order valence-electron chi connectivity index (χ4n) is 4.59. The average Bonchev–Trinajstić information content (AvgIpc) is 2.75. The predicted octanol–water partition coefficient (Wildman–Crippen LogP) is 4.60. The predicted molar refractivity (Wildman–Crippen MR) is 115 cm³/mol. The van der Waals surface area contributed by atoms with Crippen molar-refractivity contribution >= 4 is 16.9 Å². The first-order valence-electron chi connectivity index (χ1n) is 10.5. The van der Waals surface area contributed by atoms with Gasteiger partial charge in [0.15, 0.2) is 0 Å². The smallest absolute Gasteiger partial charge is 0.341 e. The van der Waals surface area contributed by atoms with Gasteiger partial charge in [0.05, 0.1) is 5.52 Å². The second-order valence-electron chi connectivity index (χ2n) is 8.03. The lowest BCUT2D eigenvalue weighted by Gasteiger charge is -2.30. The molecular weight excluding hydrogens is 402 g/mol. The van der Waals surface area contributed by atoms with E-state index in [9.17, 15) is 19.1 Å². The number of carboxylic acids is 1. The number of aromatic nitrogens is 1. The third kappa shape index (κ3) is 4.10. The Bertz CT molecular complexity index is 1190. The lowest BCUT2D eigenvalue weighted by Crippen LogP contribution is -2.33. The number of benzene rings is 2. The third-order valence-corrected chi connectivity index (χ3v) is 6.06. The fourth-order valence-corrected chi connectivity index (χ4v) is 4.59. The summed E-state index contributed by atoms with van der Waals surface area (Å²) in [6, 6.07) is 8.62. The van der Waals surface area contributed by atoms with E-state index in [-0.39, 0.29) is 11.3 Å². The van der Waals surface area contributed by atoms with Gasteiger partial charge in [0.1, 0.15) is 17.2 Å². The van der Waals surface area contributed by atoms with Crippen LogP contribution < -0.4 is 10.7 Å². The molecule has 1 saturated carbocycles. The first-order valence-corrected chi connectivity index (χ1v) is 10.5. The molecule has 3 aromatic rings. The van der Waals surface area contributed by atoms with Crippen molar-refractivity contribution in [3.63, 3.8) is 0 Å². The van der Waals surface area contributed by atoms with Crippen LogP contribution in [-0.4, -0.2) is 28.2 Å². The third-order valence-electron chi connectivity index (χ3n) is 6.06. The Balaban J connectivity index is 1.92. The number of hydrogen-bond donors (Lipinski definition) is 2. The van der Waals surface area contributed by atoms with Crippen LogP contribution >= 0.6 is 0 Å². The Morgan fingerprint density at radius 1 is 1.19 bits per heavy atom. The summed E-state index contributed by atoms with van der Waals surface area (Å²) in [6.07, 6.45) is 4.89. The Labute approximate surface area is 178 Å². The molecule has 0 aliphatic heterocycles. The normalized spacial score (nSPS) is 18.9. The summed E-state index contributed by atoms with van der Waals surface area (Å²) in [5.41, 5.74) is 0.215. The molecule has 1 aromatic heterocycles. The lowest BCUT2D eigenvalue weighted by molar-refractivity contribution is 0.0695. The van der Waals surface area contributed by atoms with Crippen LogP contribution in [0.1, 0.15) is 54.4 Å². The van der Waals surface area contributed by atoms with E-state index in [0.29, 0.717) is 22.8 Å². The van der Waals surface area contributed by atoms with Crippen LogP contribution in [-0.2, 0) is 0 Å². The van der Waals surface area contributed by atoms with E-state index in [2.05, 4.69) is 5.32 Å². The summed E-state index contributed by atoms with van der Waals surface area (Å²) in [4.78, 5) is 24.4. The molecule has 0 amide bonds. The first-order chi connectivity index (χ1) is 14.9. The number of rotatable bonds is 5. The van der Waals surface area contributed by atoms with Gasteiger partial charge in [0, 0.05) is 23.3 Å². The number of aromatic carboxylic acids is 1. The standard InChI is InChI=1S/C24H24F2N2O3/c1-2-27-16-5-3-4-14(10-16)18-12-22-19(11-21(18)26)23(29)20(24(30)31)13-28(22)17-8-6-15(25)7-9-17/h6-9,11-14,16,27H,2-5,10H2,1H3,(H,30,31). The molecule has 31 heavy (non-hydrogen) atoms. The summed E-state index contributed by atoms with van der Waals surface area (Å²) in [5, 5.41) is 12.9. The Hall–Kier alpha value is -3.06. The van der Waals surface area contributed by atoms with Gasteiger partial charge in [-0.1, -0.05) is 13.3 Å². The maximum Gasteiger partial charge on any atom is 0.341 e. The van der Waals surface area contributed by atoms with Gasteiger partial charge in [-0.05, 0) is 73.7 Å². The molecule has 1 fully saturated rings. The highest BCUT2D eigenvalue weighted by molar-refractivity contribution is 5.93. The van der Waals surface area contributed by atoms with Gasteiger partial charge >= 0.3 is 5.97 Å². The Kier molecular flexibility index (Phi) is 5.87. The highest BCUT2D eigenvalue weighted by atomic mass is 19.1. The highest BCUT2D eigenvalue weighted by Crippen LogP contribution is 2.36. The Morgan fingerprint density at radius 2 is 1.94 bits per heavy atom. The molecule has 2 atom stereocenters. The molecule has 0 spiro atoms. The summed E-state index contributed by atoms with van der Waals surface area (Å²) in [5.74, 6) is -2.33. The highest BCUT2D eigenvalue weighted by Gasteiger charge is 2.26. The topological polar surface area (TPSA) is 71.3 Å². The molecule has 1 heterocycles. The van der Waals surface area contributed by atoms with Crippen LogP contribution in [0.25, 0.3) is 16.6 Å². The van der Waals surface area contributed by atoms with Crippen molar-refractivity contribution in [3.05, 3.63) is 75.6 Å². The SMILES string of the molecule is CCNC1CCCC(c2cc3c(cc2F)c(=O)c(C(=O)O)cn3-c2ccc(F)cc2)C1. The molecule has 0 bridgehead atoms. The van der Waals surface area contributed by atoms with Gasteiger partial charge < -0.3 is 15.0 Å². The van der Waals surface area contributed by atoms with E-state index < -0.39 is 28.6 Å². The van der Waals surface area contributed by atoms with E-state index in [1.165, 1.54) is 35.0 Å². The molecule has 2 aromatic carbocycles. The van der Waals surface area contributed by atoms with Crippen LogP contribution in [0.2, 0.25) is 0 Å².